The van der Waals surface area contributed by atoms with Crippen molar-refractivity contribution in [3.8, 4) is 0 Å². The van der Waals surface area contributed by atoms with E-state index in [2.05, 4.69) is 79.8 Å². The van der Waals surface area contributed by atoms with Gasteiger partial charge in [-0.15, -0.1) is 0 Å². The van der Waals surface area contributed by atoms with Gasteiger partial charge in [-0.2, -0.15) is 0 Å². The third kappa shape index (κ3) is 6.03. The Morgan fingerprint density at radius 3 is 1.70 bits per heavy atom. The third-order valence-corrected chi connectivity index (χ3v) is 7.10. The van der Waals surface area contributed by atoms with E-state index in [1.54, 1.807) is 0 Å². The molecule has 3 rings (SSSR count). The second-order valence-electron chi connectivity index (χ2n) is 7.57. The van der Waals surface area contributed by atoms with E-state index >= 15 is 0 Å². The molecule has 0 aliphatic carbocycles. The molecule has 0 aliphatic rings. The summed E-state index contributed by atoms with van der Waals surface area (Å²) in [6.07, 6.45) is 0. The maximum absolute atomic E-state index is 13.0. The maximum Gasteiger partial charge on any atom is 0.252 e. The van der Waals surface area contributed by atoms with Crippen LogP contribution in [0.3, 0.4) is 0 Å². The van der Waals surface area contributed by atoms with Gasteiger partial charge in [-0.1, -0.05) is 94.4 Å². The topological polar surface area (TPSA) is 29.1 Å². The van der Waals surface area contributed by atoms with Crippen LogP contribution in [0.5, 0.6) is 0 Å². The molecule has 0 fully saturated rings. The number of benzene rings is 3. The molecule has 3 aromatic carbocycles. The number of carbonyl (C=O) groups excluding carboxylic acids is 1. The first kappa shape index (κ1) is 23.8. The van der Waals surface area contributed by atoms with Gasteiger partial charge < -0.3 is 5.32 Å². The second-order valence-corrected chi connectivity index (χ2v) is 9.75. The van der Waals surface area contributed by atoms with Crippen molar-refractivity contribution in [3.63, 3.8) is 0 Å². The number of amides is 1. The molecule has 0 unspecified atom stereocenters. The molecule has 0 heterocycles. The molecule has 0 saturated carbocycles. The summed E-state index contributed by atoms with van der Waals surface area (Å²) in [6, 6.07) is 27.5. The highest BCUT2D eigenvalue weighted by molar-refractivity contribution is 7.80. The van der Waals surface area contributed by atoms with E-state index in [4.69, 9.17) is 0 Å². The average Bonchev–Trinajstić information content (AvgIpc) is 2.76. The van der Waals surface area contributed by atoms with Crippen LogP contribution >= 0.6 is 7.92 Å². The monoisotopic (exact) mass is 419 g/mol. The van der Waals surface area contributed by atoms with Crippen LogP contribution in [0.2, 0.25) is 0 Å². The summed E-state index contributed by atoms with van der Waals surface area (Å²) in [4.78, 5) is 13.0. The van der Waals surface area contributed by atoms with E-state index in [0.717, 1.165) is 10.9 Å². The minimum Gasteiger partial charge on any atom is -0.350 e. The Labute approximate surface area is 183 Å². The third-order valence-electron chi connectivity index (χ3n) is 4.62. The molecular weight excluding hydrogens is 385 g/mol. The Bertz CT molecular complexity index is 881. The van der Waals surface area contributed by atoms with E-state index in [1.807, 2.05) is 45.9 Å². The molecule has 0 aromatic heterocycles. The van der Waals surface area contributed by atoms with Gasteiger partial charge in [0.1, 0.15) is 0 Å². The van der Waals surface area contributed by atoms with E-state index in [-0.39, 0.29) is 11.9 Å². The first-order chi connectivity index (χ1) is 14.5. The van der Waals surface area contributed by atoms with Crippen molar-refractivity contribution < 1.29 is 4.79 Å². The van der Waals surface area contributed by atoms with Crippen molar-refractivity contribution in [2.45, 2.75) is 53.5 Å². The number of hydrogen-bond donors (Lipinski definition) is 1. The van der Waals surface area contributed by atoms with Crippen molar-refractivity contribution in [3.05, 3.63) is 90.0 Å². The standard InChI is InChI=1S/C25H28NOP.C2H6/c1-18(2)20-15-16-23(25(27)26-19(3)4)24(17-20)28(21-11-7-5-8-12-21)22-13-9-6-10-14-22;1-2/h5-19H,1-4H3,(H,26,27);1-2H3. The van der Waals surface area contributed by atoms with Crippen molar-refractivity contribution in [2.24, 2.45) is 0 Å². The normalized spacial score (nSPS) is 10.7. The molecule has 30 heavy (non-hydrogen) atoms. The summed E-state index contributed by atoms with van der Waals surface area (Å²) in [5, 5.41) is 6.71. The highest BCUT2D eigenvalue weighted by Crippen LogP contribution is 2.35. The number of rotatable bonds is 6. The van der Waals surface area contributed by atoms with Gasteiger partial charge in [0.15, 0.2) is 0 Å². The van der Waals surface area contributed by atoms with Crippen LogP contribution in [0, 0.1) is 0 Å². The minimum atomic E-state index is -0.826. The van der Waals surface area contributed by atoms with Gasteiger partial charge in [-0.25, -0.2) is 0 Å². The summed E-state index contributed by atoms with van der Waals surface area (Å²) in [5.41, 5.74) is 2.03. The minimum absolute atomic E-state index is 0.000307. The van der Waals surface area contributed by atoms with Crippen LogP contribution in [0.15, 0.2) is 78.9 Å². The molecule has 0 radical (unpaired) electrons. The van der Waals surface area contributed by atoms with Gasteiger partial charge in [-0.3, -0.25) is 4.79 Å². The molecule has 3 heteroatoms. The molecule has 0 saturated heterocycles. The fourth-order valence-corrected chi connectivity index (χ4v) is 5.70. The predicted molar refractivity (Wildman–Crippen MR) is 133 cm³/mol. The molecule has 1 N–H and O–H groups in total. The van der Waals surface area contributed by atoms with Gasteiger partial charge in [0.05, 0.1) is 0 Å². The lowest BCUT2D eigenvalue weighted by Gasteiger charge is -2.24. The van der Waals surface area contributed by atoms with Crippen molar-refractivity contribution in [1.82, 2.24) is 5.32 Å². The maximum atomic E-state index is 13.0. The predicted octanol–water partition coefficient (Wildman–Crippen LogP) is 5.73. The van der Waals surface area contributed by atoms with Crippen LogP contribution in [-0.4, -0.2) is 11.9 Å². The number of carbonyl (C=O) groups is 1. The molecular formula is C27H34NOP. The fraction of sp³-hybridized carbons (Fsp3) is 0.296. The number of nitrogens with one attached hydrogen (secondary N) is 1. The van der Waals surface area contributed by atoms with Crippen molar-refractivity contribution >= 4 is 29.7 Å². The number of hydrogen-bond acceptors (Lipinski definition) is 1. The van der Waals surface area contributed by atoms with Gasteiger partial charge in [0, 0.05) is 11.6 Å². The van der Waals surface area contributed by atoms with Gasteiger partial charge in [-0.05, 0) is 61.3 Å². The molecule has 0 bridgehead atoms. The summed E-state index contributed by atoms with van der Waals surface area (Å²) < 4.78 is 0. The van der Waals surface area contributed by atoms with Crippen LogP contribution < -0.4 is 21.2 Å². The molecule has 0 spiro atoms. The molecule has 3 aromatic rings. The quantitative estimate of drug-likeness (QED) is 0.508. The van der Waals surface area contributed by atoms with Crippen LogP contribution in [0.1, 0.15) is 63.4 Å². The van der Waals surface area contributed by atoms with Gasteiger partial charge in [0.2, 0.25) is 0 Å². The Hall–Kier alpha value is -2.44. The van der Waals surface area contributed by atoms with Crippen molar-refractivity contribution in [1.29, 1.82) is 0 Å². The lowest BCUT2D eigenvalue weighted by Crippen LogP contribution is -2.35. The smallest absolute Gasteiger partial charge is 0.252 e. The van der Waals surface area contributed by atoms with Gasteiger partial charge >= 0.3 is 0 Å². The summed E-state index contributed by atoms with van der Waals surface area (Å²) in [6.45, 7) is 12.4. The molecule has 2 nitrogen and oxygen atoms in total. The van der Waals surface area contributed by atoms with Crippen LogP contribution in [-0.2, 0) is 0 Å². The highest BCUT2D eigenvalue weighted by Gasteiger charge is 2.23. The van der Waals surface area contributed by atoms with E-state index in [0.29, 0.717) is 5.92 Å². The Morgan fingerprint density at radius 1 is 0.767 bits per heavy atom. The van der Waals surface area contributed by atoms with Crippen LogP contribution in [0.4, 0.5) is 0 Å². The zero-order valence-electron chi connectivity index (χ0n) is 19.0. The zero-order chi connectivity index (χ0) is 22.1. The summed E-state index contributed by atoms with van der Waals surface area (Å²) in [5.74, 6) is 0.407. The zero-order valence-corrected chi connectivity index (χ0v) is 19.9. The molecule has 1 amide bonds. The average molecular weight is 420 g/mol. The first-order valence-corrected chi connectivity index (χ1v) is 12.2. The highest BCUT2D eigenvalue weighted by atomic mass is 31.1. The molecule has 158 valence electrons. The van der Waals surface area contributed by atoms with Crippen LogP contribution in [0.25, 0.3) is 0 Å². The Kier molecular flexibility index (Phi) is 9.27. The Morgan fingerprint density at radius 2 is 1.27 bits per heavy atom. The van der Waals surface area contributed by atoms with E-state index in [1.165, 1.54) is 16.2 Å². The second kappa shape index (κ2) is 11.7. The first-order valence-electron chi connectivity index (χ1n) is 10.8. The van der Waals surface area contributed by atoms with Gasteiger partial charge in [0.25, 0.3) is 5.91 Å². The largest absolute Gasteiger partial charge is 0.350 e. The lowest BCUT2D eigenvalue weighted by atomic mass is 10.0. The summed E-state index contributed by atoms with van der Waals surface area (Å²) in [7, 11) is -0.826. The molecule has 0 atom stereocenters. The lowest BCUT2D eigenvalue weighted by molar-refractivity contribution is 0.0944. The van der Waals surface area contributed by atoms with Crippen molar-refractivity contribution in [2.75, 3.05) is 0 Å². The molecule has 0 aliphatic heterocycles. The fourth-order valence-electron chi connectivity index (χ4n) is 3.21. The Balaban J connectivity index is 0.00000155. The SMILES string of the molecule is CC.CC(C)NC(=O)c1ccc(C(C)C)cc1P(c1ccccc1)c1ccccc1. The van der Waals surface area contributed by atoms with E-state index in [9.17, 15) is 4.79 Å². The van der Waals surface area contributed by atoms with E-state index < -0.39 is 7.92 Å². The summed E-state index contributed by atoms with van der Waals surface area (Å²) >= 11 is 0.